The van der Waals surface area contributed by atoms with Crippen molar-refractivity contribution in [1.29, 1.82) is 0 Å². The van der Waals surface area contributed by atoms with Crippen LogP contribution in [-0.4, -0.2) is 23.2 Å². The number of nitrogens with zero attached hydrogens (tertiary/aromatic N) is 1. The Bertz CT molecular complexity index is 619. The fourth-order valence-electron chi connectivity index (χ4n) is 2.54. The van der Waals surface area contributed by atoms with Crippen molar-refractivity contribution >= 4 is 23.5 Å². The molecule has 4 nitrogen and oxygen atoms in total. The summed E-state index contributed by atoms with van der Waals surface area (Å²) in [7, 11) is 0. The first-order chi connectivity index (χ1) is 10.2. The lowest BCUT2D eigenvalue weighted by atomic mass is 10.1. The van der Waals surface area contributed by atoms with Crippen LogP contribution in [0, 0.1) is 13.8 Å². The Balaban J connectivity index is 1.79. The number of rotatable bonds is 2. The van der Waals surface area contributed by atoms with Gasteiger partial charge in [-0.05, 0) is 37.1 Å². The molecule has 1 aliphatic rings. The third-order valence-electron chi connectivity index (χ3n) is 3.65. The number of thioether (sulfide) groups is 1. The number of benzene rings is 1. The van der Waals surface area contributed by atoms with E-state index in [9.17, 15) is 4.79 Å². The summed E-state index contributed by atoms with van der Waals surface area (Å²) in [5.74, 6) is 1.75. The predicted octanol–water partition coefficient (Wildman–Crippen LogP) is 4.18. The van der Waals surface area contributed by atoms with Gasteiger partial charge in [0.15, 0.2) is 0 Å². The van der Waals surface area contributed by atoms with E-state index in [4.69, 9.17) is 4.42 Å². The van der Waals surface area contributed by atoms with Gasteiger partial charge in [-0.2, -0.15) is 0 Å². The number of hydrogen-bond donors (Lipinski definition) is 1. The van der Waals surface area contributed by atoms with E-state index in [1.165, 1.54) is 0 Å². The molecule has 1 N–H and O–H groups in total. The van der Waals surface area contributed by atoms with Crippen LogP contribution in [0.2, 0.25) is 0 Å². The van der Waals surface area contributed by atoms with Crippen LogP contribution in [0.5, 0.6) is 0 Å². The molecule has 2 aromatic rings. The highest BCUT2D eigenvalue weighted by Gasteiger charge is 2.32. The molecule has 21 heavy (non-hydrogen) atoms. The quantitative estimate of drug-likeness (QED) is 0.905. The van der Waals surface area contributed by atoms with Crippen molar-refractivity contribution in [3.05, 3.63) is 53.5 Å². The maximum absolute atomic E-state index is 12.6. The average Bonchev–Trinajstić information content (AvgIpc) is 3.12. The molecule has 3 rings (SSSR count). The third kappa shape index (κ3) is 2.78. The van der Waals surface area contributed by atoms with Crippen LogP contribution in [0.1, 0.15) is 22.3 Å². The van der Waals surface area contributed by atoms with Crippen LogP contribution in [-0.2, 0) is 0 Å². The molecule has 0 saturated carbocycles. The normalized spacial score (nSPS) is 18.0. The molecule has 1 aromatic carbocycles. The van der Waals surface area contributed by atoms with Crippen molar-refractivity contribution in [3.8, 4) is 0 Å². The lowest BCUT2D eigenvalue weighted by molar-refractivity contribution is 0.209. The molecule has 0 radical (unpaired) electrons. The van der Waals surface area contributed by atoms with Crippen LogP contribution in [0.25, 0.3) is 0 Å². The third-order valence-corrected chi connectivity index (χ3v) is 4.87. The summed E-state index contributed by atoms with van der Waals surface area (Å²) in [6.07, 6.45) is 1.65. The molecule has 1 fully saturated rings. The van der Waals surface area contributed by atoms with Gasteiger partial charge in [0, 0.05) is 18.0 Å². The zero-order chi connectivity index (χ0) is 14.8. The summed E-state index contributed by atoms with van der Waals surface area (Å²) in [6.45, 7) is 4.74. The van der Waals surface area contributed by atoms with Gasteiger partial charge in [0.1, 0.15) is 11.1 Å². The molecule has 1 aliphatic heterocycles. The Morgan fingerprint density at radius 3 is 2.71 bits per heavy atom. The van der Waals surface area contributed by atoms with Gasteiger partial charge >= 0.3 is 6.03 Å². The molecule has 5 heteroatoms. The zero-order valence-electron chi connectivity index (χ0n) is 12.1. The van der Waals surface area contributed by atoms with Gasteiger partial charge in [-0.25, -0.2) is 4.79 Å². The van der Waals surface area contributed by atoms with E-state index in [1.54, 1.807) is 18.0 Å². The van der Waals surface area contributed by atoms with E-state index in [0.717, 1.165) is 34.9 Å². The van der Waals surface area contributed by atoms with Crippen LogP contribution in [0.3, 0.4) is 0 Å². The monoisotopic (exact) mass is 302 g/mol. The van der Waals surface area contributed by atoms with Gasteiger partial charge in [-0.15, -0.1) is 11.8 Å². The first-order valence-electron chi connectivity index (χ1n) is 6.95. The molecule has 2 amide bonds. The lowest BCUT2D eigenvalue weighted by Gasteiger charge is -2.23. The van der Waals surface area contributed by atoms with Crippen molar-refractivity contribution in [3.63, 3.8) is 0 Å². The molecule has 110 valence electrons. The number of hydrogen-bond acceptors (Lipinski definition) is 3. The summed E-state index contributed by atoms with van der Waals surface area (Å²) in [5, 5.41) is 3.01. The number of carbonyl (C=O) groups is 1. The molecular formula is C16H18N2O2S. The van der Waals surface area contributed by atoms with Gasteiger partial charge in [0.2, 0.25) is 0 Å². The van der Waals surface area contributed by atoms with Gasteiger partial charge in [0.05, 0.1) is 6.26 Å². The number of aryl methyl sites for hydroxylation is 2. The minimum Gasteiger partial charge on any atom is -0.466 e. The average molecular weight is 302 g/mol. The van der Waals surface area contributed by atoms with Gasteiger partial charge < -0.3 is 14.6 Å². The number of nitrogens with one attached hydrogen (secondary N) is 1. The standard InChI is InChI=1S/C16H18N2O2S/c1-11-5-3-6-12(2)14(11)17-16(19)18-8-10-21-15(18)13-7-4-9-20-13/h3-7,9,15H,8,10H2,1-2H3,(H,17,19)/t15-/m1/s1. The molecule has 1 atom stereocenters. The largest absolute Gasteiger partial charge is 0.466 e. The van der Waals surface area contributed by atoms with Crippen LogP contribution < -0.4 is 5.32 Å². The van der Waals surface area contributed by atoms with Crippen LogP contribution >= 0.6 is 11.8 Å². The highest BCUT2D eigenvalue weighted by atomic mass is 32.2. The predicted molar refractivity (Wildman–Crippen MR) is 85.5 cm³/mol. The topological polar surface area (TPSA) is 45.5 Å². The summed E-state index contributed by atoms with van der Waals surface area (Å²) in [6, 6.07) is 9.71. The number of carbonyl (C=O) groups excluding carboxylic acids is 1. The molecule has 1 aromatic heterocycles. The second kappa shape index (κ2) is 5.85. The first-order valence-corrected chi connectivity index (χ1v) is 8.00. The maximum Gasteiger partial charge on any atom is 0.323 e. The van der Waals surface area contributed by atoms with Gasteiger partial charge in [-0.3, -0.25) is 0 Å². The van der Waals surface area contributed by atoms with Gasteiger partial charge in [-0.1, -0.05) is 18.2 Å². The molecule has 0 unspecified atom stereocenters. The van der Waals surface area contributed by atoms with Crippen molar-refractivity contribution in [2.24, 2.45) is 0 Å². The number of anilines is 1. The van der Waals surface area contributed by atoms with Crippen molar-refractivity contribution in [1.82, 2.24) is 4.90 Å². The molecule has 1 saturated heterocycles. The molecule has 0 bridgehead atoms. The summed E-state index contributed by atoms with van der Waals surface area (Å²) in [5.41, 5.74) is 3.05. The fraction of sp³-hybridized carbons (Fsp3) is 0.312. The molecule has 0 spiro atoms. The minimum absolute atomic E-state index is 0.0377. The van der Waals surface area contributed by atoms with Crippen molar-refractivity contribution in [2.75, 3.05) is 17.6 Å². The Hall–Kier alpha value is -1.88. The van der Waals surface area contributed by atoms with E-state index in [-0.39, 0.29) is 11.4 Å². The number of amides is 2. The lowest BCUT2D eigenvalue weighted by Crippen LogP contribution is -2.34. The van der Waals surface area contributed by atoms with Crippen molar-refractivity contribution < 1.29 is 9.21 Å². The maximum atomic E-state index is 12.6. The Kier molecular flexibility index (Phi) is 3.92. The van der Waals surface area contributed by atoms with Gasteiger partial charge in [0.25, 0.3) is 0 Å². The number of urea groups is 1. The molecule has 0 aliphatic carbocycles. The molecular weight excluding hydrogens is 284 g/mol. The number of furan rings is 1. The van der Waals surface area contributed by atoms with E-state index < -0.39 is 0 Å². The highest BCUT2D eigenvalue weighted by Crippen LogP contribution is 2.38. The molecule has 2 heterocycles. The summed E-state index contributed by atoms with van der Waals surface area (Å²) in [4.78, 5) is 14.4. The Morgan fingerprint density at radius 1 is 1.29 bits per heavy atom. The minimum atomic E-state index is -0.0706. The Labute approximate surface area is 128 Å². The number of para-hydroxylation sites is 1. The van der Waals surface area contributed by atoms with Crippen LogP contribution in [0.4, 0.5) is 10.5 Å². The van der Waals surface area contributed by atoms with E-state index >= 15 is 0 Å². The summed E-state index contributed by atoms with van der Waals surface area (Å²) < 4.78 is 5.45. The zero-order valence-corrected chi connectivity index (χ0v) is 12.9. The first kappa shape index (κ1) is 14.1. The van der Waals surface area contributed by atoms with E-state index in [2.05, 4.69) is 5.32 Å². The highest BCUT2D eigenvalue weighted by molar-refractivity contribution is 7.99. The fourth-order valence-corrected chi connectivity index (χ4v) is 3.74. The second-order valence-corrected chi connectivity index (χ2v) is 6.32. The Morgan fingerprint density at radius 2 is 2.05 bits per heavy atom. The summed E-state index contributed by atoms with van der Waals surface area (Å²) >= 11 is 1.73. The van der Waals surface area contributed by atoms with E-state index in [1.807, 2.05) is 49.1 Å². The SMILES string of the molecule is Cc1cccc(C)c1NC(=O)N1CCS[C@@H]1c1ccco1. The second-order valence-electron chi connectivity index (χ2n) is 5.13. The van der Waals surface area contributed by atoms with Crippen molar-refractivity contribution in [2.45, 2.75) is 19.2 Å². The van der Waals surface area contributed by atoms with Crippen LogP contribution in [0.15, 0.2) is 41.0 Å². The van der Waals surface area contributed by atoms with E-state index in [0.29, 0.717) is 0 Å². The smallest absolute Gasteiger partial charge is 0.323 e.